The quantitative estimate of drug-likeness (QED) is 0.869. The highest BCUT2D eigenvalue weighted by Gasteiger charge is 2.32. The lowest BCUT2D eigenvalue weighted by Crippen LogP contribution is -2.48. The van der Waals surface area contributed by atoms with Crippen molar-refractivity contribution in [2.75, 3.05) is 25.1 Å². The van der Waals surface area contributed by atoms with E-state index in [1.54, 1.807) is 0 Å². The van der Waals surface area contributed by atoms with Crippen LogP contribution in [0.2, 0.25) is 5.02 Å². The first-order valence-corrected chi connectivity index (χ1v) is 6.43. The molecule has 0 spiro atoms. The van der Waals surface area contributed by atoms with E-state index in [-0.39, 0.29) is 17.7 Å². The number of nitrogens with zero attached hydrogens (tertiary/aromatic N) is 6. The smallest absolute Gasteiger partial charge is 0.358 e. The van der Waals surface area contributed by atoms with E-state index >= 15 is 0 Å². The summed E-state index contributed by atoms with van der Waals surface area (Å²) in [6, 6.07) is 0.273. The second kappa shape index (κ2) is 5.17. The van der Waals surface area contributed by atoms with Gasteiger partial charge in [0.15, 0.2) is 11.5 Å². The number of methoxy groups -OCH3 is 1. The van der Waals surface area contributed by atoms with Crippen molar-refractivity contribution < 1.29 is 14.6 Å². The summed E-state index contributed by atoms with van der Waals surface area (Å²) in [4.78, 5) is 20.8. The van der Waals surface area contributed by atoms with Crippen LogP contribution >= 0.6 is 11.6 Å². The van der Waals surface area contributed by atoms with Gasteiger partial charge in [-0.25, -0.2) is 14.5 Å². The van der Waals surface area contributed by atoms with Gasteiger partial charge in [0.1, 0.15) is 5.02 Å². The highest BCUT2D eigenvalue weighted by molar-refractivity contribution is 6.32. The number of ether oxygens (including phenoxy) is 1. The number of carboxylic acids is 1. The molecule has 1 saturated heterocycles. The van der Waals surface area contributed by atoms with Gasteiger partial charge in [0.2, 0.25) is 0 Å². The molecule has 10 heteroatoms. The zero-order chi connectivity index (χ0) is 15.0. The molecule has 0 unspecified atom stereocenters. The predicted molar refractivity (Wildman–Crippen MR) is 71.8 cm³/mol. The Labute approximate surface area is 124 Å². The minimum absolute atomic E-state index is 0.0302. The van der Waals surface area contributed by atoms with E-state index in [2.05, 4.69) is 20.3 Å². The summed E-state index contributed by atoms with van der Waals surface area (Å²) in [5, 5.41) is 16.6. The molecule has 21 heavy (non-hydrogen) atoms. The van der Waals surface area contributed by atoms with Crippen molar-refractivity contribution in [3.63, 3.8) is 0 Å². The second-order valence-corrected chi connectivity index (χ2v) is 4.88. The Hall–Kier alpha value is -2.42. The Morgan fingerprint density at radius 3 is 2.90 bits per heavy atom. The van der Waals surface area contributed by atoms with Crippen molar-refractivity contribution in [1.82, 2.24) is 25.0 Å². The molecule has 0 saturated carbocycles. The Morgan fingerprint density at radius 2 is 2.29 bits per heavy atom. The SMILES string of the molecule is COc1ncc(Cl)c(N2CC(n3cc(C(=O)O)nn3)C2)n1. The van der Waals surface area contributed by atoms with Crippen LogP contribution in [0.15, 0.2) is 12.4 Å². The van der Waals surface area contributed by atoms with E-state index in [9.17, 15) is 4.79 Å². The molecule has 0 radical (unpaired) electrons. The van der Waals surface area contributed by atoms with Gasteiger partial charge in [-0.15, -0.1) is 5.10 Å². The van der Waals surface area contributed by atoms with E-state index in [0.29, 0.717) is 23.9 Å². The monoisotopic (exact) mass is 310 g/mol. The first kappa shape index (κ1) is 13.6. The Balaban J connectivity index is 1.71. The van der Waals surface area contributed by atoms with Gasteiger partial charge in [0.25, 0.3) is 0 Å². The molecule has 2 aromatic rings. The molecule has 1 aliphatic rings. The van der Waals surface area contributed by atoms with Crippen LogP contribution in [0.25, 0.3) is 0 Å². The molecule has 2 aromatic heterocycles. The normalized spacial score (nSPS) is 14.9. The first-order valence-electron chi connectivity index (χ1n) is 6.05. The van der Waals surface area contributed by atoms with Gasteiger partial charge in [0.05, 0.1) is 25.5 Å². The Bertz CT molecular complexity index is 684. The van der Waals surface area contributed by atoms with Gasteiger partial charge in [-0.05, 0) is 0 Å². The van der Waals surface area contributed by atoms with Gasteiger partial charge < -0.3 is 14.7 Å². The van der Waals surface area contributed by atoms with Crippen LogP contribution in [0.4, 0.5) is 5.82 Å². The standard InChI is InChI=1S/C11H11ClN6O3/c1-21-11-13-2-7(12)9(14-11)17-3-6(4-17)18-5-8(10(19)20)15-16-18/h2,5-6H,3-4H2,1H3,(H,19,20). The van der Waals surface area contributed by atoms with E-state index in [1.165, 1.54) is 24.2 Å². The van der Waals surface area contributed by atoms with Crippen LogP contribution < -0.4 is 9.64 Å². The van der Waals surface area contributed by atoms with E-state index in [1.807, 2.05) is 4.90 Å². The van der Waals surface area contributed by atoms with Gasteiger partial charge in [-0.2, -0.15) is 4.98 Å². The van der Waals surface area contributed by atoms with E-state index < -0.39 is 5.97 Å². The third-order valence-corrected chi connectivity index (χ3v) is 3.42. The lowest BCUT2D eigenvalue weighted by molar-refractivity contribution is 0.0690. The van der Waals surface area contributed by atoms with Gasteiger partial charge >= 0.3 is 12.0 Å². The minimum Gasteiger partial charge on any atom is -0.476 e. The summed E-state index contributed by atoms with van der Waals surface area (Å²) in [5.41, 5.74) is -0.0739. The van der Waals surface area contributed by atoms with Crippen LogP contribution in [0.5, 0.6) is 6.01 Å². The maximum absolute atomic E-state index is 10.8. The number of aromatic nitrogens is 5. The summed E-state index contributed by atoms with van der Waals surface area (Å²) in [6.07, 6.45) is 2.89. The number of rotatable bonds is 4. The molecule has 0 bridgehead atoms. The summed E-state index contributed by atoms with van der Waals surface area (Å²) < 4.78 is 6.50. The van der Waals surface area contributed by atoms with Crippen LogP contribution in [-0.4, -0.2) is 56.2 Å². The zero-order valence-electron chi connectivity index (χ0n) is 11.0. The highest BCUT2D eigenvalue weighted by Crippen LogP contribution is 2.31. The van der Waals surface area contributed by atoms with Gasteiger partial charge in [0, 0.05) is 13.1 Å². The maximum atomic E-state index is 10.8. The van der Waals surface area contributed by atoms with Crippen molar-refractivity contribution in [3.05, 3.63) is 23.1 Å². The van der Waals surface area contributed by atoms with Gasteiger partial charge in [-0.3, -0.25) is 0 Å². The molecule has 1 fully saturated rings. The fourth-order valence-electron chi connectivity index (χ4n) is 2.01. The molecule has 1 aliphatic heterocycles. The fourth-order valence-corrected chi connectivity index (χ4v) is 2.22. The van der Waals surface area contributed by atoms with Crippen LogP contribution in [-0.2, 0) is 0 Å². The maximum Gasteiger partial charge on any atom is 0.358 e. The minimum atomic E-state index is -1.10. The molecule has 110 valence electrons. The summed E-state index contributed by atoms with van der Waals surface area (Å²) >= 11 is 6.07. The van der Waals surface area contributed by atoms with Crippen molar-refractivity contribution in [2.45, 2.75) is 6.04 Å². The number of aromatic carboxylic acids is 1. The fraction of sp³-hybridized carbons (Fsp3) is 0.364. The highest BCUT2D eigenvalue weighted by atomic mass is 35.5. The molecule has 1 N–H and O–H groups in total. The Morgan fingerprint density at radius 1 is 1.52 bits per heavy atom. The molecule has 9 nitrogen and oxygen atoms in total. The van der Waals surface area contributed by atoms with Crippen molar-refractivity contribution in [1.29, 1.82) is 0 Å². The topological polar surface area (TPSA) is 106 Å². The predicted octanol–water partition coefficient (Wildman–Crippen LogP) is 0.490. The number of carboxylic acid groups (broad SMARTS) is 1. The molecular formula is C11H11ClN6O3. The largest absolute Gasteiger partial charge is 0.476 e. The first-order chi connectivity index (χ1) is 10.1. The third-order valence-electron chi connectivity index (χ3n) is 3.15. The number of hydrogen-bond donors (Lipinski definition) is 1. The molecule has 0 aliphatic carbocycles. The summed E-state index contributed by atoms with van der Waals surface area (Å²) in [5.74, 6) is -0.514. The number of hydrogen-bond acceptors (Lipinski definition) is 7. The lowest BCUT2D eigenvalue weighted by atomic mass is 10.1. The number of halogens is 1. The lowest BCUT2D eigenvalue weighted by Gasteiger charge is -2.39. The second-order valence-electron chi connectivity index (χ2n) is 4.48. The molecule has 3 heterocycles. The number of carbonyl (C=O) groups is 1. The average Bonchev–Trinajstić information content (AvgIpc) is 2.89. The van der Waals surface area contributed by atoms with Crippen LogP contribution in [0, 0.1) is 0 Å². The summed E-state index contributed by atoms with van der Waals surface area (Å²) in [7, 11) is 1.48. The third kappa shape index (κ3) is 2.47. The number of anilines is 1. The molecule has 0 atom stereocenters. The molecule has 0 amide bonds. The van der Waals surface area contributed by atoms with Crippen LogP contribution in [0.3, 0.4) is 0 Å². The summed E-state index contributed by atoms with van der Waals surface area (Å²) in [6.45, 7) is 1.20. The van der Waals surface area contributed by atoms with E-state index in [4.69, 9.17) is 21.4 Å². The zero-order valence-corrected chi connectivity index (χ0v) is 11.7. The van der Waals surface area contributed by atoms with Crippen molar-refractivity contribution >= 4 is 23.4 Å². The van der Waals surface area contributed by atoms with E-state index in [0.717, 1.165) is 0 Å². The van der Waals surface area contributed by atoms with Crippen molar-refractivity contribution in [3.8, 4) is 6.01 Å². The Kier molecular flexibility index (Phi) is 3.34. The van der Waals surface area contributed by atoms with Crippen molar-refractivity contribution in [2.24, 2.45) is 0 Å². The average molecular weight is 311 g/mol. The van der Waals surface area contributed by atoms with Crippen LogP contribution in [0.1, 0.15) is 16.5 Å². The molecule has 3 rings (SSSR count). The molecular weight excluding hydrogens is 300 g/mol. The van der Waals surface area contributed by atoms with Gasteiger partial charge in [-0.1, -0.05) is 16.8 Å². The molecule has 0 aromatic carbocycles.